The third-order valence-electron chi connectivity index (χ3n) is 13.4. The lowest BCUT2D eigenvalue weighted by molar-refractivity contribution is -0.136. The maximum Gasteiger partial charge on any atom is 0.262 e. The summed E-state index contributed by atoms with van der Waals surface area (Å²) in [6.07, 6.45) is 5.73. The van der Waals surface area contributed by atoms with E-state index in [1.165, 1.54) is 6.20 Å². The molecule has 15 nitrogen and oxygen atoms in total. The van der Waals surface area contributed by atoms with E-state index in [2.05, 4.69) is 51.9 Å². The van der Waals surface area contributed by atoms with Gasteiger partial charge in [0, 0.05) is 95.1 Å². The summed E-state index contributed by atoms with van der Waals surface area (Å²) in [7, 11) is 0. The molecular weight excluding hydrogens is 768 g/mol. The number of H-pyrrole nitrogens is 1. The number of piperazine rings is 2. The van der Waals surface area contributed by atoms with Crippen LogP contribution in [0.15, 0.2) is 48.7 Å². The van der Waals surface area contributed by atoms with Crippen LogP contribution in [0.25, 0.3) is 22.2 Å². The van der Waals surface area contributed by atoms with Crippen LogP contribution in [0.5, 0.6) is 5.75 Å². The Morgan fingerprint density at radius 2 is 1.50 bits per heavy atom. The van der Waals surface area contributed by atoms with Gasteiger partial charge in [-0.15, -0.1) is 0 Å². The van der Waals surface area contributed by atoms with Crippen LogP contribution in [0, 0.1) is 11.7 Å². The Balaban J connectivity index is 0.673. The van der Waals surface area contributed by atoms with Crippen molar-refractivity contribution in [1.82, 2.24) is 40.1 Å². The Bertz CT molecular complexity index is 2340. The molecule has 0 bridgehead atoms. The first-order valence-electron chi connectivity index (χ1n) is 21.4. The first kappa shape index (κ1) is 38.7. The second-order valence-corrected chi connectivity index (χ2v) is 17.6. The number of aromatic nitrogens is 3. The molecule has 10 rings (SSSR count). The van der Waals surface area contributed by atoms with Gasteiger partial charge in [-0.2, -0.15) is 5.10 Å². The molecule has 0 radical (unpaired) electrons. The van der Waals surface area contributed by atoms with E-state index in [1.54, 1.807) is 12.1 Å². The third kappa shape index (κ3) is 7.60. The number of nitrogens with one attached hydrogen (secondary N) is 2. The lowest BCUT2D eigenvalue weighted by atomic mass is 9.95. The second-order valence-electron chi connectivity index (χ2n) is 17.6. The van der Waals surface area contributed by atoms with Crippen molar-refractivity contribution in [2.45, 2.75) is 57.1 Å². The van der Waals surface area contributed by atoms with Gasteiger partial charge in [0.05, 0.1) is 29.5 Å². The molecule has 60 heavy (non-hydrogen) atoms. The summed E-state index contributed by atoms with van der Waals surface area (Å²) >= 11 is 0. The number of ether oxygens (including phenoxy) is 1. The van der Waals surface area contributed by atoms with Crippen LogP contribution in [-0.2, 0) is 9.59 Å². The smallest absolute Gasteiger partial charge is 0.262 e. The van der Waals surface area contributed by atoms with Crippen LogP contribution in [0.4, 0.5) is 15.9 Å². The molecule has 0 spiro atoms. The minimum absolute atomic E-state index is 0.0998. The summed E-state index contributed by atoms with van der Waals surface area (Å²) in [4.78, 5) is 68.3. The van der Waals surface area contributed by atoms with Crippen molar-refractivity contribution < 1.29 is 28.3 Å². The van der Waals surface area contributed by atoms with Gasteiger partial charge in [0.1, 0.15) is 28.9 Å². The number of halogens is 1. The SMILES string of the molecule is CC1(Oc2ccc3[nH]nc(-c4cc(N5CCN(CN6CCN(CC7CCN(c8ccc9c(c8)C(=O)N(C8CCC(=O)NC8=O)C9=O)CC7)CC6)CC5)ncc4F)c3c2)CC1. The number of rotatable bonds is 10. The fraction of sp³-hybridized carbons (Fsp3) is 0.500. The van der Waals surface area contributed by atoms with Crippen molar-refractivity contribution in [1.29, 1.82) is 0 Å². The highest BCUT2D eigenvalue weighted by Crippen LogP contribution is 2.41. The van der Waals surface area contributed by atoms with Gasteiger partial charge in [0.2, 0.25) is 11.8 Å². The molecule has 1 aliphatic carbocycles. The van der Waals surface area contributed by atoms with Crippen LogP contribution in [0.3, 0.4) is 0 Å². The number of hydrogen-bond acceptors (Lipinski definition) is 12. The maximum atomic E-state index is 15.3. The number of amides is 4. The van der Waals surface area contributed by atoms with Gasteiger partial charge in [-0.25, -0.2) is 9.37 Å². The number of aromatic amines is 1. The van der Waals surface area contributed by atoms with Gasteiger partial charge in [0.25, 0.3) is 11.8 Å². The minimum atomic E-state index is -0.963. The first-order chi connectivity index (χ1) is 29.1. The largest absolute Gasteiger partial charge is 0.488 e. The topological polar surface area (TPSA) is 151 Å². The summed E-state index contributed by atoms with van der Waals surface area (Å²) in [5.74, 6) is -0.199. The molecule has 2 aromatic heterocycles. The predicted octanol–water partition coefficient (Wildman–Crippen LogP) is 3.71. The number of nitrogens with zero attached hydrogens (tertiary/aromatic N) is 8. The van der Waals surface area contributed by atoms with Crippen LogP contribution in [0.1, 0.15) is 66.2 Å². The van der Waals surface area contributed by atoms with E-state index in [1.807, 2.05) is 30.3 Å². The minimum Gasteiger partial charge on any atom is -0.488 e. The zero-order chi connectivity index (χ0) is 41.1. The van der Waals surface area contributed by atoms with Gasteiger partial charge in [0.15, 0.2) is 5.82 Å². The molecule has 2 N–H and O–H groups in total. The fourth-order valence-corrected chi connectivity index (χ4v) is 9.52. The molecular formula is C44H51FN10O5. The van der Waals surface area contributed by atoms with Gasteiger partial charge in [-0.3, -0.25) is 44.3 Å². The van der Waals surface area contributed by atoms with E-state index >= 15 is 4.39 Å². The first-order valence-corrected chi connectivity index (χ1v) is 21.4. The van der Waals surface area contributed by atoms with Crippen LogP contribution in [0.2, 0.25) is 0 Å². The Kier molecular flexibility index (Phi) is 10.0. The van der Waals surface area contributed by atoms with Crippen molar-refractivity contribution in [2.24, 2.45) is 5.92 Å². The number of carbonyl (C=O) groups is 4. The number of anilines is 2. The molecule has 314 valence electrons. The average Bonchev–Trinajstić information content (AvgIpc) is 3.74. The molecule has 5 fully saturated rings. The highest BCUT2D eigenvalue weighted by molar-refractivity contribution is 6.23. The van der Waals surface area contributed by atoms with Crippen molar-refractivity contribution in [3.8, 4) is 17.0 Å². The molecule has 2 aromatic carbocycles. The van der Waals surface area contributed by atoms with E-state index < -0.39 is 29.6 Å². The average molecular weight is 819 g/mol. The van der Waals surface area contributed by atoms with E-state index in [4.69, 9.17) is 4.74 Å². The lowest BCUT2D eigenvalue weighted by Crippen LogP contribution is -2.54. The van der Waals surface area contributed by atoms with Crippen molar-refractivity contribution >= 4 is 46.0 Å². The molecule has 7 heterocycles. The highest BCUT2D eigenvalue weighted by Gasteiger charge is 2.45. The third-order valence-corrected chi connectivity index (χ3v) is 13.4. The molecule has 6 aliphatic rings. The highest BCUT2D eigenvalue weighted by atomic mass is 19.1. The molecule has 1 saturated carbocycles. The van der Waals surface area contributed by atoms with Gasteiger partial charge in [-0.05, 0) is 87.4 Å². The Morgan fingerprint density at radius 3 is 2.23 bits per heavy atom. The van der Waals surface area contributed by atoms with Crippen molar-refractivity contribution in [3.05, 3.63) is 65.6 Å². The van der Waals surface area contributed by atoms with Gasteiger partial charge < -0.3 is 19.4 Å². The zero-order valence-corrected chi connectivity index (χ0v) is 34.0. The fourth-order valence-electron chi connectivity index (χ4n) is 9.52. The van der Waals surface area contributed by atoms with E-state index in [9.17, 15) is 19.2 Å². The molecule has 4 saturated heterocycles. The number of fused-ring (bicyclic) bond motifs is 2. The second kappa shape index (κ2) is 15.5. The Morgan fingerprint density at radius 1 is 0.783 bits per heavy atom. The molecule has 4 aromatic rings. The van der Waals surface area contributed by atoms with Gasteiger partial charge >= 0.3 is 0 Å². The molecule has 5 aliphatic heterocycles. The quantitative estimate of drug-likeness (QED) is 0.225. The normalized spacial score (nSPS) is 23.1. The number of imide groups is 2. The Hall–Kier alpha value is -5.45. The molecule has 1 unspecified atom stereocenters. The monoisotopic (exact) mass is 818 g/mol. The van der Waals surface area contributed by atoms with Gasteiger partial charge in [-0.1, -0.05) is 0 Å². The Labute approximate surface area is 347 Å². The number of pyridine rings is 1. The number of hydrogen-bond donors (Lipinski definition) is 2. The summed E-state index contributed by atoms with van der Waals surface area (Å²) in [6.45, 7) is 13.5. The standard InChI is InChI=1S/C44H51FN10O5/c1-44(10-11-44)60-30-3-5-36-34(23-30)40(49-48-36)33-24-38(46-25-35(33)45)54-20-18-52(19-21-54)27-51-16-14-50(15-17-51)26-28-8-12-53(13-9-28)29-2-4-31-32(22-29)43(59)55(42(31)58)37-6-7-39(56)47-41(37)57/h2-5,22-25,28,37H,6-21,26-27H2,1H3,(H,48,49)(H,47,56,57). The maximum absolute atomic E-state index is 15.3. The van der Waals surface area contributed by atoms with E-state index in [-0.39, 0.29) is 24.3 Å². The van der Waals surface area contributed by atoms with Crippen LogP contribution >= 0.6 is 0 Å². The molecule has 16 heteroatoms. The summed E-state index contributed by atoms with van der Waals surface area (Å²) in [6, 6.07) is 12.1. The lowest BCUT2D eigenvalue weighted by Gasteiger charge is -2.42. The van der Waals surface area contributed by atoms with E-state index in [0.29, 0.717) is 28.3 Å². The molecule has 4 amide bonds. The number of benzene rings is 2. The van der Waals surface area contributed by atoms with Crippen molar-refractivity contribution in [3.63, 3.8) is 0 Å². The van der Waals surface area contributed by atoms with Crippen molar-refractivity contribution in [2.75, 3.05) is 88.5 Å². The number of piperidine rings is 2. The van der Waals surface area contributed by atoms with E-state index in [0.717, 1.165) is 137 Å². The predicted molar refractivity (Wildman–Crippen MR) is 222 cm³/mol. The number of carbonyl (C=O) groups excluding carboxylic acids is 4. The zero-order valence-electron chi connectivity index (χ0n) is 34.0. The van der Waals surface area contributed by atoms with Crippen LogP contribution in [-0.4, -0.2) is 149 Å². The summed E-state index contributed by atoms with van der Waals surface area (Å²) < 4.78 is 21.5. The van der Waals surface area contributed by atoms with Crippen LogP contribution < -0.4 is 19.9 Å². The summed E-state index contributed by atoms with van der Waals surface area (Å²) in [5.41, 5.74) is 3.28. The summed E-state index contributed by atoms with van der Waals surface area (Å²) in [5, 5.41) is 10.6. The molecule has 1 atom stereocenters.